The fourth-order valence-electron chi connectivity index (χ4n) is 1.78. The standard InChI is InChI=1S/C11H19NO/c1-8(2)4-11(13)10-5-9(3)6-12-7-10/h4,9-10,12H,5-7H2,1-3H3. The molecular weight excluding hydrogens is 162 g/mol. The molecule has 0 spiro atoms. The summed E-state index contributed by atoms with van der Waals surface area (Å²) in [5.41, 5.74) is 1.10. The van der Waals surface area contributed by atoms with Crippen LogP contribution >= 0.6 is 0 Å². The number of hydrogen-bond acceptors (Lipinski definition) is 2. The lowest BCUT2D eigenvalue weighted by molar-refractivity contribution is -0.119. The third-order valence-electron chi connectivity index (χ3n) is 2.40. The molecule has 1 N–H and O–H groups in total. The summed E-state index contributed by atoms with van der Waals surface area (Å²) in [7, 11) is 0. The average molecular weight is 181 g/mol. The van der Waals surface area contributed by atoms with E-state index in [1.54, 1.807) is 6.08 Å². The molecule has 1 aliphatic heterocycles. The minimum absolute atomic E-state index is 0.207. The summed E-state index contributed by atoms with van der Waals surface area (Å²) < 4.78 is 0. The van der Waals surface area contributed by atoms with Gasteiger partial charge in [0, 0.05) is 12.5 Å². The fourth-order valence-corrected chi connectivity index (χ4v) is 1.78. The number of piperidine rings is 1. The molecule has 0 aromatic heterocycles. The van der Waals surface area contributed by atoms with Gasteiger partial charge in [-0.05, 0) is 38.8 Å². The minimum atomic E-state index is 0.207. The van der Waals surface area contributed by atoms with E-state index in [2.05, 4.69) is 12.2 Å². The number of ketones is 1. The van der Waals surface area contributed by atoms with Crippen molar-refractivity contribution in [3.05, 3.63) is 11.6 Å². The van der Waals surface area contributed by atoms with Gasteiger partial charge in [-0.25, -0.2) is 0 Å². The second-order valence-corrected chi connectivity index (χ2v) is 4.32. The van der Waals surface area contributed by atoms with E-state index in [9.17, 15) is 4.79 Å². The highest BCUT2D eigenvalue weighted by Crippen LogP contribution is 2.17. The molecule has 2 unspecified atom stereocenters. The van der Waals surface area contributed by atoms with Crippen LogP contribution in [-0.2, 0) is 4.79 Å². The fraction of sp³-hybridized carbons (Fsp3) is 0.727. The van der Waals surface area contributed by atoms with Crippen molar-refractivity contribution in [1.82, 2.24) is 5.32 Å². The summed E-state index contributed by atoms with van der Waals surface area (Å²) in [4.78, 5) is 11.6. The van der Waals surface area contributed by atoms with Gasteiger partial charge in [0.15, 0.2) is 5.78 Å². The molecule has 0 aromatic carbocycles. The second-order valence-electron chi connectivity index (χ2n) is 4.32. The van der Waals surface area contributed by atoms with Crippen LogP contribution in [0.4, 0.5) is 0 Å². The maximum Gasteiger partial charge on any atom is 0.159 e. The van der Waals surface area contributed by atoms with Crippen LogP contribution in [0.3, 0.4) is 0 Å². The number of allylic oxidation sites excluding steroid dienone is 2. The Balaban J connectivity index is 2.51. The van der Waals surface area contributed by atoms with Crippen molar-refractivity contribution in [1.29, 1.82) is 0 Å². The van der Waals surface area contributed by atoms with Crippen molar-refractivity contribution in [2.24, 2.45) is 11.8 Å². The Morgan fingerprint density at radius 3 is 2.62 bits per heavy atom. The lowest BCUT2D eigenvalue weighted by Crippen LogP contribution is -2.38. The molecule has 2 atom stereocenters. The Labute approximate surface area is 80.4 Å². The molecule has 0 saturated carbocycles. The maximum absolute atomic E-state index is 11.6. The molecule has 1 heterocycles. The van der Waals surface area contributed by atoms with E-state index in [-0.39, 0.29) is 5.92 Å². The zero-order chi connectivity index (χ0) is 9.84. The average Bonchev–Trinajstić information content (AvgIpc) is 2.03. The molecule has 1 saturated heterocycles. The van der Waals surface area contributed by atoms with Gasteiger partial charge in [-0.15, -0.1) is 0 Å². The predicted molar refractivity (Wildman–Crippen MR) is 54.6 cm³/mol. The third kappa shape index (κ3) is 3.31. The van der Waals surface area contributed by atoms with Crippen molar-refractivity contribution >= 4 is 5.78 Å². The minimum Gasteiger partial charge on any atom is -0.316 e. The van der Waals surface area contributed by atoms with Crippen LogP contribution in [0.25, 0.3) is 0 Å². The first-order valence-electron chi connectivity index (χ1n) is 4.99. The SMILES string of the molecule is CC(C)=CC(=O)C1CNCC(C)C1. The maximum atomic E-state index is 11.6. The molecule has 74 valence electrons. The van der Waals surface area contributed by atoms with E-state index < -0.39 is 0 Å². The molecule has 1 rings (SSSR count). The van der Waals surface area contributed by atoms with Gasteiger partial charge >= 0.3 is 0 Å². The van der Waals surface area contributed by atoms with Crippen molar-refractivity contribution in [2.45, 2.75) is 27.2 Å². The summed E-state index contributed by atoms with van der Waals surface area (Å²) in [6, 6.07) is 0. The Morgan fingerprint density at radius 1 is 1.38 bits per heavy atom. The highest BCUT2D eigenvalue weighted by molar-refractivity contribution is 5.92. The van der Waals surface area contributed by atoms with Gasteiger partial charge in [-0.3, -0.25) is 4.79 Å². The molecule has 0 bridgehead atoms. The topological polar surface area (TPSA) is 29.1 Å². The number of carbonyl (C=O) groups excluding carboxylic acids is 1. The Hall–Kier alpha value is -0.630. The molecule has 0 aliphatic carbocycles. The summed E-state index contributed by atoms with van der Waals surface area (Å²) in [5, 5.41) is 3.29. The van der Waals surface area contributed by atoms with Gasteiger partial charge in [0.2, 0.25) is 0 Å². The number of rotatable bonds is 2. The second kappa shape index (κ2) is 4.56. The lowest BCUT2D eigenvalue weighted by atomic mass is 9.88. The van der Waals surface area contributed by atoms with Crippen LogP contribution in [-0.4, -0.2) is 18.9 Å². The summed E-state index contributed by atoms with van der Waals surface area (Å²) in [6.45, 7) is 8.04. The molecule has 1 fully saturated rings. The van der Waals surface area contributed by atoms with Crippen LogP contribution in [0.5, 0.6) is 0 Å². The smallest absolute Gasteiger partial charge is 0.159 e. The van der Waals surface area contributed by atoms with Gasteiger partial charge in [-0.1, -0.05) is 12.5 Å². The van der Waals surface area contributed by atoms with E-state index in [1.165, 1.54) is 0 Å². The first-order chi connectivity index (χ1) is 6.09. The largest absolute Gasteiger partial charge is 0.316 e. The van der Waals surface area contributed by atoms with Crippen molar-refractivity contribution < 1.29 is 4.79 Å². The first kappa shape index (κ1) is 10.5. The van der Waals surface area contributed by atoms with E-state index in [1.807, 2.05) is 13.8 Å². The van der Waals surface area contributed by atoms with Gasteiger partial charge < -0.3 is 5.32 Å². The van der Waals surface area contributed by atoms with Gasteiger partial charge in [0.25, 0.3) is 0 Å². The Kier molecular flexibility index (Phi) is 3.67. The van der Waals surface area contributed by atoms with E-state index in [4.69, 9.17) is 0 Å². The number of hydrogen-bond donors (Lipinski definition) is 1. The first-order valence-corrected chi connectivity index (χ1v) is 4.99. The highest BCUT2D eigenvalue weighted by Gasteiger charge is 2.22. The molecule has 2 heteroatoms. The highest BCUT2D eigenvalue weighted by atomic mass is 16.1. The predicted octanol–water partition coefficient (Wildman–Crippen LogP) is 1.77. The van der Waals surface area contributed by atoms with Crippen LogP contribution in [0.1, 0.15) is 27.2 Å². The lowest BCUT2D eigenvalue weighted by Gasteiger charge is -2.25. The van der Waals surface area contributed by atoms with Crippen LogP contribution in [0, 0.1) is 11.8 Å². The summed E-state index contributed by atoms with van der Waals surface area (Å²) in [6.07, 6.45) is 2.81. The molecule has 0 amide bonds. The van der Waals surface area contributed by atoms with E-state index in [0.29, 0.717) is 11.7 Å². The molecule has 1 aliphatic rings. The number of nitrogens with one attached hydrogen (secondary N) is 1. The molecule has 13 heavy (non-hydrogen) atoms. The summed E-state index contributed by atoms with van der Waals surface area (Å²) >= 11 is 0. The molecule has 0 aromatic rings. The quantitative estimate of drug-likeness (QED) is 0.658. The van der Waals surface area contributed by atoms with Crippen molar-refractivity contribution in [2.75, 3.05) is 13.1 Å². The molecule has 2 nitrogen and oxygen atoms in total. The molecular formula is C11H19NO. The molecule has 0 radical (unpaired) electrons. The van der Waals surface area contributed by atoms with E-state index >= 15 is 0 Å². The third-order valence-corrected chi connectivity index (χ3v) is 2.40. The summed E-state index contributed by atoms with van der Waals surface area (Å²) in [5.74, 6) is 1.13. The normalized spacial score (nSPS) is 28.2. The number of carbonyl (C=O) groups is 1. The Bertz CT molecular complexity index is 216. The van der Waals surface area contributed by atoms with Gasteiger partial charge in [-0.2, -0.15) is 0 Å². The monoisotopic (exact) mass is 181 g/mol. The van der Waals surface area contributed by atoms with E-state index in [0.717, 1.165) is 25.1 Å². The van der Waals surface area contributed by atoms with Crippen LogP contribution < -0.4 is 5.32 Å². The van der Waals surface area contributed by atoms with Gasteiger partial charge in [0.05, 0.1) is 0 Å². The van der Waals surface area contributed by atoms with Crippen LogP contribution in [0.15, 0.2) is 11.6 Å². The van der Waals surface area contributed by atoms with Gasteiger partial charge in [0.1, 0.15) is 0 Å². The van der Waals surface area contributed by atoms with Crippen LogP contribution in [0.2, 0.25) is 0 Å². The zero-order valence-electron chi connectivity index (χ0n) is 8.76. The van der Waals surface area contributed by atoms with Crippen molar-refractivity contribution in [3.63, 3.8) is 0 Å². The zero-order valence-corrected chi connectivity index (χ0v) is 8.76. The Morgan fingerprint density at radius 2 is 2.08 bits per heavy atom. The van der Waals surface area contributed by atoms with Crippen molar-refractivity contribution in [3.8, 4) is 0 Å².